The molecule has 6 heteroatoms. The standard InChI is InChI=1S/C14H10BrCl2NO2/c15-12-3-1-2-11(14(12)17)13(16)8-9-4-6-10(7-5-9)18(19)20/h1-7,13H,8H2. The Morgan fingerprint density at radius 2 is 1.85 bits per heavy atom. The molecule has 0 aromatic heterocycles. The zero-order valence-corrected chi connectivity index (χ0v) is 13.3. The molecular formula is C14H10BrCl2NO2. The van der Waals surface area contributed by atoms with Crippen LogP contribution in [0.25, 0.3) is 0 Å². The number of benzene rings is 2. The number of non-ortho nitro benzene ring substituents is 1. The Labute approximate surface area is 134 Å². The molecule has 0 heterocycles. The van der Waals surface area contributed by atoms with Crippen LogP contribution in [0.4, 0.5) is 5.69 Å². The second-order valence-corrected chi connectivity index (χ2v) is 6.00. The van der Waals surface area contributed by atoms with Crippen LogP contribution < -0.4 is 0 Å². The maximum Gasteiger partial charge on any atom is 0.269 e. The highest BCUT2D eigenvalue weighted by Crippen LogP contribution is 2.35. The fourth-order valence-electron chi connectivity index (χ4n) is 1.83. The van der Waals surface area contributed by atoms with Crippen molar-refractivity contribution in [1.82, 2.24) is 0 Å². The molecule has 20 heavy (non-hydrogen) atoms. The predicted octanol–water partition coefficient (Wildman–Crippen LogP) is 5.53. The minimum Gasteiger partial charge on any atom is -0.258 e. The van der Waals surface area contributed by atoms with Crippen LogP contribution >= 0.6 is 39.1 Å². The molecule has 1 atom stereocenters. The van der Waals surface area contributed by atoms with E-state index < -0.39 is 4.92 Å². The minimum absolute atomic E-state index is 0.0698. The van der Waals surface area contributed by atoms with Gasteiger partial charge in [-0.2, -0.15) is 0 Å². The summed E-state index contributed by atoms with van der Waals surface area (Å²) in [6, 6.07) is 12.0. The Bertz CT molecular complexity index is 632. The van der Waals surface area contributed by atoms with Gasteiger partial charge in [-0.3, -0.25) is 10.1 Å². The first-order chi connectivity index (χ1) is 9.49. The van der Waals surface area contributed by atoms with Crippen LogP contribution in [0.5, 0.6) is 0 Å². The van der Waals surface area contributed by atoms with Crippen molar-refractivity contribution in [2.24, 2.45) is 0 Å². The number of nitro benzene ring substituents is 1. The number of alkyl halides is 1. The molecule has 0 aliphatic heterocycles. The van der Waals surface area contributed by atoms with Crippen molar-refractivity contribution in [3.05, 3.63) is 73.2 Å². The largest absolute Gasteiger partial charge is 0.269 e. The Kier molecular flexibility index (Phi) is 5.02. The van der Waals surface area contributed by atoms with E-state index in [9.17, 15) is 10.1 Å². The van der Waals surface area contributed by atoms with Crippen LogP contribution in [0.3, 0.4) is 0 Å². The lowest BCUT2D eigenvalue weighted by molar-refractivity contribution is -0.384. The molecule has 0 bridgehead atoms. The third-order valence-electron chi connectivity index (χ3n) is 2.88. The molecule has 2 aromatic rings. The topological polar surface area (TPSA) is 43.1 Å². The molecule has 0 spiro atoms. The number of halogens is 3. The average Bonchev–Trinajstić information content (AvgIpc) is 2.42. The van der Waals surface area contributed by atoms with Gasteiger partial charge >= 0.3 is 0 Å². The van der Waals surface area contributed by atoms with Crippen LogP contribution in [-0.4, -0.2) is 4.92 Å². The zero-order valence-electron chi connectivity index (χ0n) is 10.2. The van der Waals surface area contributed by atoms with Gasteiger partial charge in [0.1, 0.15) is 0 Å². The van der Waals surface area contributed by atoms with Crippen LogP contribution in [0.1, 0.15) is 16.5 Å². The number of hydrogen-bond donors (Lipinski definition) is 0. The Morgan fingerprint density at radius 1 is 1.20 bits per heavy atom. The van der Waals surface area contributed by atoms with Crippen LogP contribution in [-0.2, 0) is 6.42 Å². The number of hydrogen-bond acceptors (Lipinski definition) is 2. The monoisotopic (exact) mass is 373 g/mol. The van der Waals surface area contributed by atoms with Crippen molar-refractivity contribution >= 4 is 44.8 Å². The van der Waals surface area contributed by atoms with Crippen molar-refractivity contribution in [3.8, 4) is 0 Å². The van der Waals surface area contributed by atoms with Crippen molar-refractivity contribution in [3.63, 3.8) is 0 Å². The van der Waals surface area contributed by atoms with Crippen molar-refractivity contribution < 1.29 is 4.92 Å². The van der Waals surface area contributed by atoms with Crippen molar-refractivity contribution in [2.75, 3.05) is 0 Å². The summed E-state index contributed by atoms with van der Waals surface area (Å²) >= 11 is 15.9. The predicted molar refractivity (Wildman–Crippen MR) is 84.5 cm³/mol. The molecule has 1 unspecified atom stereocenters. The Hall–Kier alpha value is -1.10. The van der Waals surface area contributed by atoms with Gasteiger partial charge < -0.3 is 0 Å². The Morgan fingerprint density at radius 3 is 2.45 bits per heavy atom. The SMILES string of the molecule is O=[N+]([O-])c1ccc(CC(Cl)c2cccc(Br)c2Cl)cc1. The molecule has 0 aliphatic carbocycles. The summed E-state index contributed by atoms with van der Waals surface area (Å²) in [6.07, 6.45) is 0.551. The van der Waals surface area contributed by atoms with Gasteiger partial charge in [-0.05, 0) is 39.5 Å². The molecule has 0 saturated heterocycles. The van der Waals surface area contributed by atoms with Crippen LogP contribution in [0, 0.1) is 10.1 Å². The van der Waals surface area contributed by atoms with E-state index in [0.29, 0.717) is 11.4 Å². The lowest BCUT2D eigenvalue weighted by atomic mass is 10.0. The third kappa shape index (κ3) is 3.51. The maximum atomic E-state index is 10.6. The second-order valence-electron chi connectivity index (χ2n) is 4.24. The first kappa shape index (κ1) is 15.3. The molecule has 0 amide bonds. The lowest BCUT2D eigenvalue weighted by Crippen LogP contribution is -1.97. The molecular weight excluding hydrogens is 365 g/mol. The van der Waals surface area contributed by atoms with Crippen LogP contribution in [0.2, 0.25) is 5.02 Å². The number of rotatable bonds is 4. The highest BCUT2D eigenvalue weighted by molar-refractivity contribution is 9.10. The highest BCUT2D eigenvalue weighted by Gasteiger charge is 2.15. The zero-order chi connectivity index (χ0) is 14.7. The van der Waals surface area contributed by atoms with Gasteiger partial charge in [0.05, 0.1) is 15.3 Å². The smallest absolute Gasteiger partial charge is 0.258 e. The van der Waals surface area contributed by atoms with Gasteiger partial charge in [0, 0.05) is 16.6 Å². The van der Waals surface area contributed by atoms with Crippen molar-refractivity contribution in [1.29, 1.82) is 0 Å². The molecule has 3 nitrogen and oxygen atoms in total. The van der Waals surface area contributed by atoms with E-state index in [1.54, 1.807) is 12.1 Å². The van der Waals surface area contributed by atoms with Gasteiger partial charge in [0.2, 0.25) is 0 Å². The van der Waals surface area contributed by atoms with E-state index in [1.165, 1.54) is 12.1 Å². The summed E-state index contributed by atoms with van der Waals surface area (Å²) in [5.41, 5.74) is 1.83. The molecule has 2 rings (SSSR count). The fourth-order valence-corrected chi connectivity index (χ4v) is 2.89. The average molecular weight is 375 g/mol. The van der Waals surface area contributed by atoms with E-state index in [-0.39, 0.29) is 11.1 Å². The van der Waals surface area contributed by atoms with Gasteiger partial charge in [-0.15, -0.1) is 11.6 Å². The second kappa shape index (κ2) is 6.57. The molecule has 0 N–H and O–H groups in total. The van der Waals surface area contributed by atoms with Gasteiger partial charge in [0.25, 0.3) is 5.69 Å². The molecule has 0 aliphatic rings. The van der Waals surface area contributed by atoms with Crippen molar-refractivity contribution in [2.45, 2.75) is 11.8 Å². The molecule has 104 valence electrons. The minimum atomic E-state index is -0.423. The quantitative estimate of drug-likeness (QED) is 0.401. The van der Waals surface area contributed by atoms with E-state index in [2.05, 4.69) is 15.9 Å². The van der Waals surface area contributed by atoms with Gasteiger partial charge in [-0.25, -0.2) is 0 Å². The molecule has 0 radical (unpaired) electrons. The summed E-state index contributed by atoms with van der Waals surface area (Å²) in [5.74, 6) is 0. The summed E-state index contributed by atoms with van der Waals surface area (Å²) < 4.78 is 0.797. The van der Waals surface area contributed by atoms with Crippen LogP contribution in [0.15, 0.2) is 46.9 Å². The van der Waals surface area contributed by atoms with Gasteiger partial charge in [-0.1, -0.05) is 35.9 Å². The first-order valence-corrected chi connectivity index (χ1v) is 7.41. The van der Waals surface area contributed by atoms with E-state index in [1.807, 2.05) is 18.2 Å². The maximum absolute atomic E-state index is 10.6. The fraction of sp³-hybridized carbons (Fsp3) is 0.143. The Balaban J connectivity index is 2.17. The van der Waals surface area contributed by atoms with E-state index in [4.69, 9.17) is 23.2 Å². The van der Waals surface area contributed by atoms with E-state index >= 15 is 0 Å². The number of nitro groups is 1. The lowest BCUT2D eigenvalue weighted by Gasteiger charge is -2.12. The molecule has 2 aromatic carbocycles. The summed E-state index contributed by atoms with van der Waals surface area (Å²) in [7, 11) is 0. The first-order valence-electron chi connectivity index (χ1n) is 5.80. The number of nitrogens with zero attached hydrogens (tertiary/aromatic N) is 1. The van der Waals surface area contributed by atoms with E-state index in [0.717, 1.165) is 15.6 Å². The third-order valence-corrected chi connectivity index (χ3v) is 4.58. The molecule has 0 fully saturated rings. The van der Waals surface area contributed by atoms with Gasteiger partial charge in [0.15, 0.2) is 0 Å². The summed E-state index contributed by atoms with van der Waals surface area (Å²) in [6.45, 7) is 0. The molecule has 0 saturated carbocycles. The normalized spacial score (nSPS) is 12.2. The highest BCUT2D eigenvalue weighted by atomic mass is 79.9. The summed E-state index contributed by atoms with van der Waals surface area (Å²) in [4.78, 5) is 10.2. The summed E-state index contributed by atoms with van der Waals surface area (Å²) in [5, 5.41) is 10.9.